The lowest BCUT2D eigenvalue weighted by atomic mass is 9.99. The predicted octanol–water partition coefficient (Wildman–Crippen LogP) is 5.03. The molecule has 0 radical (unpaired) electrons. The maximum atomic E-state index is 5.77. The first kappa shape index (κ1) is 19.1. The van der Waals surface area contributed by atoms with Gasteiger partial charge in [-0.15, -0.1) is 0 Å². The Balaban J connectivity index is 1.68. The number of hydrogen-bond acceptors (Lipinski definition) is 4. The maximum absolute atomic E-state index is 5.77. The van der Waals surface area contributed by atoms with Gasteiger partial charge in [0, 0.05) is 0 Å². The highest BCUT2D eigenvalue weighted by Gasteiger charge is 2.06. The summed E-state index contributed by atoms with van der Waals surface area (Å²) in [6.45, 7) is 7.23. The van der Waals surface area contributed by atoms with Gasteiger partial charge in [0.15, 0.2) is 6.29 Å². The standard InChI is InChI=1S/C21H28O4/c1-5-16(2)18-6-8-21(9-7-18)25-17(3)23-14-15-24-20-12-10-19(22-4)11-13-20/h6-13,16-17H,5,14-15H2,1-4H3. The Bertz CT molecular complexity index is 607. The molecule has 0 bridgehead atoms. The monoisotopic (exact) mass is 344 g/mol. The molecule has 2 aromatic rings. The molecule has 2 aromatic carbocycles. The smallest absolute Gasteiger partial charge is 0.197 e. The number of benzene rings is 2. The van der Waals surface area contributed by atoms with E-state index in [0.29, 0.717) is 19.1 Å². The highest BCUT2D eigenvalue weighted by atomic mass is 16.7. The molecule has 136 valence electrons. The van der Waals surface area contributed by atoms with E-state index < -0.39 is 0 Å². The van der Waals surface area contributed by atoms with Gasteiger partial charge in [0.2, 0.25) is 0 Å². The molecule has 0 fully saturated rings. The van der Waals surface area contributed by atoms with Crippen LogP contribution < -0.4 is 14.2 Å². The van der Waals surface area contributed by atoms with Crippen LogP contribution in [0.25, 0.3) is 0 Å². The maximum Gasteiger partial charge on any atom is 0.197 e. The highest BCUT2D eigenvalue weighted by Crippen LogP contribution is 2.22. The Morgan fingerprint density at radius 3 is 2.00 bits per heavy atom. The molecule has 0 heterocycles. The van der Waals surface area contributed by atoms with E-state index >= 15 is 0 Å². The van der Waals surface area contributed by atoms with Crippen LogP contribution in [0.15, 0.2) is 48.5 Å². The van der Waals surface area contributed by atoms with E-state index in [2.05, 4.69) is 26.0 Å². The fourth-order valence-corrected chi connectivity index (χ4v) is 2.38. The lowest BCUT2D eigenvalue weighted by Gasteiger charge is -2.16. The van der Waals surface area contributed by atoms with Gasteiger partial charge in [-0.1, -0.05) is 26.0 Å². The molecule has 0 spiro atoms. The molecule has 25 heavy (non-hydrogen) atoms. The molecule has 0 aliphatic heterocycles. The molecular weight excluding hydrogens is 316 g/mol. The second-order valence-electron chi connectivity index (χ2n) is 5.96. The van der Waals surface area contributed by atoms with Gasteiger partial charge in [-0.05, 0) is 61.2 Å². The fraction of sp³-hybridized carbons (Fsp3) is 0.429. The first-order chi connectivity index (χ1) is 12.1. The zero-order valence-corrected chi connectivity index (χ0v) is 15.5. The van der Waals surface area contributed by atoms with E-state index in [4.69, 9.17) is 18.9 Å². The van der Waals surface area contributed by atoms with Gasteiger partial charge in [0.1, 0.15) is 23.9 Å². The van der Waals surface area contributed by atoms with Crippen molar-refractivity contribution in [3.8, 4) is 17.2 Å². The molecule has 4 heteroatoms. The lowest BCUT2D eigenvalue weighted by molar-refractivity contribution is -0.0739. The summed E-state index contributed by atoms with van der Waals surface area (Å²) in [5, 5.41) is 0. The third-order valence-electron chi connectivity index (χ3n) is 4.13. The van der Waals surface area contributed by atoms with Crippen molar-refractivity contribution in [2.24, 2.45) is 0 Å². The van der Waals surface area contributed by atoms with Gasteiger partial charge in [-0.3, -0.25) is 0 Å². The van der Waals surface area contributed by atoms with Crippen LogP contribution in [-0.2, 0) is 4.74 Å². The van der Waals surface area contributed by atoms with Crippen LogP contribution in [0.5, 0.6) is 17.2 Å². The normalized spacial score (nSPS) is 13.1. The minimum absolute atomic E-state index is 0.325. The van der Waals surface area contributed by atoms with Crippen LogP contribution in [0.1, 0.15) is 38.7 Å². The molecule has 2 atom stereocenters. The van der Waals surface area contributed by atoms with Gasteiger partial charge in [0.25, 0.3) is 0 Å². The van der Waals surface area contributed by atoms with Crippen molar-refractivity contribution in [1.29, 1.82) is 0 Å². The van der Waals surface area contributed by atoms with Gasteiger partial charge >= 0.3 is 0 Å². The molecule has 2 unspecified atom stereocenters. The van der Waals surface area contributed by atoms with Crippen molar-refractivity contribution < 1.29 is 18.9 Å². The molecular formula is C21H28O4. The van der Waals surface area contributed by atoms with Gasteiger partial charge in [0.05, 0.1) is 13.7 Å². The first-order valence-electron chi connectivity index (χ1n) is 8.77. The Morgan fingerprint density at radius 2 is 1.40 bits per heavy atom. The summed E-state index contributed by atoms with van der Waals surface area (Å²) in [5.74, 6) is 2.98. The fourth-order valence-electron chi connectivity index (χ4n) is 2.38. The molecule has 0 aliphatic carbocycles. The number of hydrogen-bond donors (Lipinski definition) is 0. The van der Waals surface area contributed by atoms with E-state index in [1.807, 2.05) is 43.3 Å². The van der Waals surface area contributed by atoms with Crippen molar-refractivity contribution in [2.75, 3.05) is 20.3 Å². The Kier molecular flexibility index (Phi) is 7.61. The average Bonchev–Trinajstić information content (AvgIpc) is 2.65. The number of ether oxygens (including phenoxy) is 4. The molecule has 0 saturated carbocycles. The molecule has 0 aromatic heterocycles. The van der Waals surface area contributed by atoms with Crippen molar-refractivity contribution >= 4 is 0 Å². The van der Waals surface area contributed by atoms with Gasteiger partial charge in [-0.2, -0.15) is 0 Å². The zero-order chi connectivity index (χ0) is 18.1. The average molecular weight is 344 g/mol. The molecule has 2 rings (SSSR count). The summed E-state index contributed by atoms with van der Waals surface area (Å²) >= 11 is 0. The summed E-state index contributed by atoms with van der Waals surface area (Å²) in [6, 6.07) is 15.7. The van der Waals surface area contributed by atoms with Crippen LogP contribution in [0.2, 0.25) is 0 Å². The van der Waals surface area contributed by atoms with Crippen LogP contribution in [0, 0.1) is 0 Å². The lowest BCUT2D eigenvalue weighted by Crippen LogP contribution is -2.19. The number of methoxy groups -OCH3 is 1. The minimum Gasteiger partial charge on any atom is -0.497 e. The van der Waals surface area contributed by atoms with E-state index in [1.165, 1.54) is 5.56 Å². The first-order valence-corrected chi connectivity index (χ1v) is 8.77. The van der Waals surface area contributed by atoms with Crippen LogP contribution in [0.4, 0.5) is 0 Å². The largest absolute Gasteiger partial charge is 0.497 e. The molecule has 0 aliphatic rings. The third kappa shape index (κ3) is 6.31. The second-order valence-corrected chi connectivity index (χ2v) is 5.96. The predicted molar refractivity (Wildman–Crippen MR) is 99.7 cm³/mol. The van der Waals surface area contributed by atoms with Crippen molar-refractivity contribution in [2.45, 2.75) is 39.4 Å². The molecule has 4 nitrogen and oxygen atoms in total. The zero-order valence-electron chi connectivity index (χ0n) is 15.5. The Morgan fingerprint density at radius 1 is 0.800 bits per heavy atom. The van der Waals surface area contributed by atoms with E-state index in [0.717, 1.165) is 23.7 Å². The summed E-state index contributed by atoms with van der Waals surface area (Å²) < 4.78 is 22.1. The minimum atomic E-state index is -0.325. The van der Waals surface area contributed by atoms with E-state index in [-0.39, 0.29) is 6.29 Å². The highest BCUT2D eigenvalue weighted by molar-refractivity contribution is 5.31. The van der Waals surface area contributed by atoms with Crippen molar-refractivity contribution in [3.63, 3.8) is 0 Å². The van der Waals surface area contributed by atoms with Gasteiger partial charge < -0.3 is 18.9 Å². The van der Waals surface area contributed by atoms with Gasteiger partial charge in [-0.25, -0.2) is 0 Å². The van der Waals surface area contributed by atoms with E-state index in [9.17, 15) is 0 Å². The Hall–Kier alpha value is -2.20. The molecule has 0 amide bonds. The second kappa shape index (κ2) is 9.94. The van der Waals surface area contributed by atoms with Crippen LogP contribution in [0.3, 0.4) is 0 Å². The third-order valence-corrected chi connectivity index (χ3v) is 4.13. The van der Waals surface area contributed by atoms with Crippen molar-refractivity contribution in [1.82, 2.24) is 0 Å². The summed E-state index contributed by atoms with van der Waals surface area (Å²) in [7, 11) is 1.64. The quantitative estimate of drug-likeness (QED) is 0.447. The van der Waals surface area contributed by atoms with E-state index in [1.54, 1.807) is 7.11 Å². The number of rotatable bonds is 10. The topological polar surface area (TPSA) is 36.9 Å². The SMILES string of the molecule is CCC(C)c1ccc(OC(C)OCCOc2ccc(OC)cc2)cc1. The summed E-state index contributed by atoms with van der Waals surface area (Å²) in [4.78, 5) is 0. The van der Waals surface area contributed by atoms with Crippen LogP contribution >= 0.6 is 0 Å². The molecule has 0 saturated heterocycles. The molecule has 0 N–H and O–H groups in total. The Labute approximate surface area is 150 Å². The summed E-state index contributed by atoms with van der Waals surface area (Å²) in [5.41, 5.74) is 1.33. The summed E-state index contributed by atoms with van der Waals surface area (Å²) in [6.07, 6.45) is 0.808. The van der Waals surface area contributed by atoms with Crippen LogP contribution in [-0.4, -0.2) is 26.6 Å². The van der Waals surface area contributed by atoms with Crippen molar-refractivity contribution in [3.05, 3.63) is 54.1 Å².